The Morgan fingerprint density at radius 3 is 2.88 bits per heavy atom. The second kappa shape index (κ2) is 6.22. The number of hydrogen-bond donors (Lipinski definition) is 1. The highest BCUT2D eigenvalue weighted by molar-refractivity contribution is 7.07. The van der Waals surface area contributed by atoms with Crippen LogP contribution in [-0.2, 0) is 4.79 Å². The van der Waals surface area contributed by atoms with Crippen molar-refractivity contribution < 1.29 is 9.59 Å². The molecule has 0 spiro atoms. The number of hydrogen-bond acceptors (Lipinski definition) is 4. The van der Waals surface area contributed by atoms with Crippen LogP contribution in [0.15, 0.2) is 10.9 Å². The molecule has 1 N–H and O–H groups in total. The first-order valence-corrected chi connectivity index (χ1v) is 5.99. The number of likely N-dealkylation sites (N-methyl/N-ethyl adjacent to an activating group) is 1. The average molecular weight is 241 g/mol. The first-order chi connectivity index (χ1) is 7.65. The number of carbonyl (C=O) groups excluding carboxylic acids is 2. The maximum Gasteiger partial charge on any atom is 0.273 e. The molecule has 5 nitrogen and oxygen atoms in total. The molecule has 0 unspecified atom stereocenters. The van der Waals surface area contributed by atoms with Crippen LogP contribution in [0.25, 0.3) is 0 Å². The van der Waals surface area contributed by atoms with E-state index in [1.165, 1.54) is 16.2 Å². The summed E-state index contributed by atoms with van der Waals surface area (Å²) in [7, 11) is 1.59. The van der Waals surface area contributed by atoms with Crippen molar-refractivity contribution in [2.75, 3.05) is 20.1 Å². The molecular weight excluding hydrogens is 226 g/mol. The van der Waals surface area contributed by atoms with E-state index < -0.39 is 0 Å². The number of rotatable bonds is 5. The first kappa shape index (κ1) is 12.6. The molecule has 88 valence electrons. The second-order valence-electron chi connectivity index (χ2n) is 3.38. The molecule has 16 heavy (non-hydrogen) atoms. The summed E-state index contributed by atoms with van der Waals surface area (Å²) in [6, 6.07) is 0. The van der Waals surface area contributed by atoms with Crippen molar-refractivity contribution in [3.05, 3.63) is 16.6 Å². The Morgan fingerprint density at radius 2 is 2.31 bits per heavy atom. The van der Waals surface area contributed by atoms with Crippen LogP contribution in [0.2, 0.25) is 0 Å². The van der Waals surface area contributed by atoms with Crippen LogP contribution < -0.4 is 5.32 Å². The molecular formula is C10H15N3O2S. The summed E-state index contributed by atoms with van der Waals surface area (Å²) < 4.78 is 0. The number of aromatic nitrogens is 1. The number of nitrogens with zero attached hydrogens (tertiary/aromatic N) is 2. The van der Waals surface area contributed by atoms with E-state index in [-0.39, 0.29) is 18.4 Å². The lowest BCUT2D eigenvalue weighted by Gasteiger charge is -2.15. The standard InChI is InChI=1S/C10H15N3O2S/c1-3-4-11-9(14)5-13(2)10(15)8-6-16-7-12-8/h6-7H,3-5H2,1-2H3,(H,11,14). The monoisotopic (exact) mass is 241 g/mol. The Labute approximate surface area is 98.5 Å². The molecule has 1 heterocycles. The van der Waals surface area contributed by atoms with Gasteiger partial charge in [0.1, 0.15) is 5.69 Å². The van der Waals surface area contributed by atoms with Gasteiger partial charge < -0.3 is 10.2 Å². The molecule has 2 amide bonds. The minimum atomic E-state index is -0.229. The second-order valence-corrected chi connectivity index (χ2v) is 4.10. The molecule has 6 heteroatoms. The van der Waals surface area contributed by atoms with Crippen LogP contribution in [0, 0.1) is 0 Å². The van der Waals surface area contributed by atoms with Gasteiger partial charge in [-0.05, 0) is 6.42 Å². The fourth-order valence-corrected chi connectivity index (χ4v) is 1.65. The van der Waals surface area contributed by atoms with Gasteiger partial charge in [-0.25, -0.2) is 4.98 Å². The van der Waals surface area contributed by atoms with Crippen molar-refractivity contribution in [1.29, 1.82) is 0 Å². The molecule has 0 saturated carbocycles. The predicted octanol–water partition coefficient (Wildman–Crippen LogP) is 0.741. The zero-order valence-electron chi connectivity index (χ0n) is 9.40. The fraction of sp³-hybridized carbons (Fsp3) is 0.500. The zero-order chi connectivity index (χ0) is 12.0. The summed E-state index contributed by atoms with van der Waals surface area (Å²) in [5, 5.41) is 4.38. The van der Waals surface area contributed by atoms with Crippen LogP contribution in [0.3, 0.4) is 0 Å². The Balaban J connectivity index is 2.43. The molecule has 1 rings (SSSR count). The van der Waals surface area contributed by atoms with E-state index in [1.54, 1.807) is 17.9 Å². The molecule has 1 aromatic rings. The lowest BCUT2D eigenvalue weighted by molar-refractivity contribution is -0.121. The van der Waals surface area contributed by atoms with Gasteiger partial charge in [-0.3, -0.25) is 9.59 Å². The minimum Gasteiger partial charge on any atom is -0.355 e. The largest absolute Gasteiger partial charge is 0.355 e. The molecule has 0 aliphatic heterocycles. The zero-order valence-corrected chi connectivity index (χ0v) is 10.2. The summed E-state index contributed by atoms with van der Waals surface area (Å²) in [6.07, 6.45) is 0.884. The van der Waals surface area contributed by atoms with Crippen molar-refractivity contribution in [3.63, 3.8) is 0 Å². The molecule has 0 bridgehead atoms. The van der Waals surface area contributed by atoms with E-state index in [9.17, 15) is 9.59 Å². The van der Waals surface area contributed by atoms with Crippen molar-refractivity contribution in [3.8, 4) is 0 Å². The van der Waals surface area contributed by atoms with Gasteiger partial charge in [0.2, 0.25) is 5.91 Å². The molecule has 0 radical (unpaired) electrons. The molecule has 1 aromatic heterocycles. The molecule has 0 aliphatic rings. The van der Waals surface area contributed by atoms with Gasteiger partial charge in [-0.1, -0.05) is 6.92 Å². The van der Waals surface area contributed by atoms with Crippen molar-refractivity contribution in [1.82, 2.24) is 15.2 Å². The minimum absolute atomic E-state index is 0.0658. The summed E-state index contributed by atoms with van der Waals surface area (Å²) >= 11 is 1.36. The van der Waals surface area contributed by atoms with E-state index in [0.717, 1.165) is 6.42 Å². The van der Waals surface area contributed by atoms with Crippen molar-refractivity contribution in [2.45, 2.75) is 13.3 Å². The number of thiazole rings is 1. The highest BCUT2D eigenvalue weighted by Crippen LogP contribution is 2.03. The molecule has 0 saturated heterocycles. The lowest BCUT2D eigenvalue weighted by Crippen LogP contribution is -2.38. The topological polar surface area (TPSA) is 62.3 Å². The maximum absolute atomic E-state index is 11.7. The Morgan fingerprint density at radius 1 is 1.56 bits per heavy atom. The van der Waals surface area contributed by atoms with E-state index in [0.29, 0.717) is 12.2 Å². The van der Waals surface area contributed by atoms with E-state index in [1.807, 2.05) is 6.92 Å². The average Bonchev–Trinajstić information content (AvgIpc) is 2.78. The van der Waals surface area contributed by atoms with Gasteiger partial charge in [-0.15, -0.1) is 11.3 Å². The molecule has 0 atom stereocenters. The smallest absolute Gasteiger partial charge is 0.273 e. The maximum atomic E-state index is 11.7. The summed E-state index contributed by atoms with van der Waals surface area (Å²) in [5.74, 6) is -0.374. The van der Waals surface area contributed by atoms with Gasteiger partial charge in [0.05, 0.1) is 12.1 Å². The van der Waals surface area contributed by atoms with Crippen LogP contribution in [-0.4, -0.2) is 41.8 Å². The van der Waals surface area contributed by atoms with E-state index in [2.05, 4.69) is 10.3 Å². The third-order valence-corrected chi connectivity index (χ3v) is 2.54. The van der Waals surface area contributed by atoms with Crippen LogP contribution >= 0.6 is 11.3 Å². The van der Waals surface area contributed by atoms with Crippen molar-refractivity contribution in [2.24, 2.45) is 0 Å². The predicted molar refractivity (Wildman–Crippen MR) is 62.4 cm³/mol. The highest BCUT2D eigenvalue weighted by Gasteiger charge is 2.15. The van der Waals surface area contributed by atoms with Gasteiger partial charge >= 0.3 is 0 Å². The van der Waals surface area contributed by atoms with Crippen LogP contribution in [0.5, 0.6) is 0 Å². The van der Waals surface area contributed by atoms with Gasteiger partial charge in [0, 0.05) is 19.0 Å². The fourth-order valence-electron chi connectivity index (χ4n) is 1.12. The Bertz CT molecular complexity index is 351. The van der Waals surface area contributed by atoms with Gasteiger partial charge in [-0.2, -0.15) is 0 Å². The SMILES string of the molecule is CCCNC(=O)CN(C)C(=O)c1cscn1. The van der Waals surface area contributed by atoms with E-state index >= 15 is 0 Å². The summed E-state index contributed by atoms with van der Waals surface area (Å²) in [6.45, 7) is 2.68. The third-order valence-electron chi connectivity index (χ3n) is 1.95. The normalized spacial score (nSPS) is 9.88. The van der Waals surface area contributed by atoms with Gasteiger partial charge in [0.25, 0.3) is 5.91 Å². The highest BCUT2D eigenvalue weighted by atomic mass is 32.1. The Kier molecular flexibility index (Phi) is 4.91. The molecule has 0 fully saturated rings. The summed E-state index contributed by atoms with van der Waals surface area (Å²) in [5.41, 5.74) is 1.98. The van der Waals surface area contributed by atoms with Gasteiger partial charge in [0.15, 0.2) is 0 Å². The van der Waals surface area contributed by atoms with Crippen LogP contribution in [0.1, 0.15) is 23.8 Å². The third kappa shape index (κ3) is 3.62. The first-order valence-electron chi connectivity index (χ1n) is 5.05. The molecule has 0 aliphatic carbocycles. The number of amides is 2. The number of nitrogens with one attached hydrogen (secondary N) is 1. The number of carbonyl (C=O) groups is 2. The summed E-state index contributed by atoms with van der Waals surface area (Å²) in [4.78, 5) is 28.3. The van der Waals surface area contributed by atoms with Crippen molar-refractivity contribution >= 4 is 23.2 Å². The lowest BCUT2D eigenvalue weighted by atomic mass is 10.4. The molecule has 0 aromatic carbocycles. The van der Waals surface area contributed by atoms with Crippen LogP contribution in [0.4, 0.5) is 0 Å². The quantitative estimate of drug-likeness (QED) is 0.827. The van der Waals surface area contributed by atoms with E-state index in [4.69, 9.17) is 0 Å². The Hall–Kier alpha value is -1.43.